The number of hydrogen-bond acceptors (Lipinski definition) is 4. The Hall–Kier alpha value is -3.18. The maximum absolute atomic E-state index is 12.7. The van der Waals surface area contributed by atoms with Gasteiger partial charge in [0.1, 0.15) is 12.4 Å². The van der Waals surface area contributed by atoms with E-state index in [-0.39, 0.29) is 5.91 Å². The smallest absolute Gasteiger partial charge is 0.251 e. The van der Waals surface area contributed by atoms with Crippen LogP contribution in [0.5, 0.6) is 5.75 Å². The van der Waals surface area contributed by atoms with Crippen LogP contribution in [-0.4, -0.2) is 48.6 Å². The molecule has 1 aliphatic heterocycles. The van der Waals surface area contributed by atoms with Crippen LogP contribution in [0.15, 0.2) is 67.0 Å². The maximum Gasteiger partial charge on any atom is 0.251 e. The second-order valence-electron chi connectivity index (χ2n) is 8.78. The van der Waals surface area contributed by atoms with Gasteiger partial charge in [-0.25, -0.2) is 0 Å². The lowest BCUT2D eigenvalue weighted by Gasteiger charge is -2.23. The normalized spacial score (nSPS) is 17.6. The van der Waals surface area contributed by atoms with Crippen LogP contribution >= 0.6 is 0 Å². The highest BCUT2D eigenvalue weighted by Gasteiger charge is 2.24. The second kappa shape index (κ2) is 9.53. The van der Waals surface area contributed by atoms with Gasteiger partial charge in [0.15, 0.2) is 0 Å². The van der Waals surface area contributed by atoms with Crippen LogP contribution in [0, 0.1) is 5.92 Å². The van der Waals surface area contributed by atoms with Crippen molar-refractivity contribution in [2.75, 3.05) is 32.8 Å². The first kappa shape index (κ1) is 20.7. The van der Waals surface area contributed by atoms with Gasteiger partial charge in [-0.05, 0) is 77.4 Å². The van der Waals surface area contributed by atoms with E-state index in [9.17, 15) is 4.79 Å². The number of carbonyl (C=O) groups excluding carboxylic acids is 1. The summed E-state index contributed by atoms with van der Waals surface area (Å²) in [5.41, 5.74) is 5.21. The number of ether oxygens (including phenoxy) is 1. The van der Waals surface area contributed by atoms with Crippen LogP contribution in [0.25, 0.3) is 11.1 Å². The first-order valence-corrected chi connectivity index (χ1v) is 11.5. The fraction of sp³-hybridized carbons (Fsp3) is 0.333. The van der Waals surface area contributed by atoms with Crippen molar-refractivity contribution < 1.29 is 9.53 Å². The van der Waals surface area contributed by atoms with Crippen molar-refractivity contribution in [2.24, 2.45) is 5.92 Å². The van der Waals surface area contributed by atoms with Crippen molar-refractivity contribution in [3.63, 3.8) is 0 Å². The first-order valence-electron chi connectivity index (χ1n) is 11.5. The van der Waals surface area contributed by atoms with Gasteiger partial charge in [-0.15, -0.1) is 0 Å². The summed E-state index contributed by atoms with van der Waals surface area (Å²) in [5, 5.41) is 3.09. The Morgan fingerprint density at radius 1 is 0.969 bits per heavy atom. The molecule has 0 saturated heterocycles. The van der Waals surface area contributed by atoms with Crippen LogP contribution < -0.4 is 10.1 Å². The molecule has 1 amide bonds. The molecule has 3 aromatic rings. The lowest BCUT2D eigenvalue weighted by atomic mass is 9.97. The zero-order chi connectivity index (χ0) is 21.8. The molecule has 1 fully saturated rings. The summed E-state index contributed by atoms with van der Waals surface area (Å²) < 4.78 is 6.31. The molecule has 0 unspecified atom stereocenters. The molecule has 2 bridgehead atoms. The second-order valence-corrected chi connectivity index (χ2v) is 8.78. The van der Waals surface area contributed by atoms with E-state index in [1.165, 1.54) is 12.8 Å². The molecule has 1 aromatic heterocycles. The van der Waals surface area contributed by atoms with Crippen LogP contribution in [-0.2, 0) is 6.42 Å². The molecule has 1 N–H and O–H groups in total. The number of benzene rings is 2. The van der Waals surface area contributed by atoms with Gasteiger partial charge in [0.2, 0.25) is 0 Å². The van der Waals surface area contributed by atoms with Crippen LogP contribution in [0.1, 0.15) is 34.3 Å². The SMILES string of the molecule is O=C1NCCN(CC2CC2)CCOc2ccc(-c3ccncc3)cc2Cc2cccc1c2. The number of pyridine rings is 1. The number of nitrogens with zero attached hydrogens (tertiary/aromatic N) is 2. The lowest BCUT2D eigenvalue weighted by molar-refractivity contribution is 0.0946. The third-order valence-electron chi connectivity index (χ3n) is 6.25. The summed E-state index contributed by atoms with van der Waals surface area (Å²) in [6, 6.07) is 18.3. The van der Waals surface area contributed by atoms with E-state index < -0.39 is 0 Å². The van der Waals surface area contributed by atoms with Crippen molar-refractivity contribution in [2.45, 2.75) is 19.3 Å². The van der Waals surface area contributed by atoms with Crippen LogP contribution in [0.2, 0.25) is 0 Å². The zero-order valence-electron chi connectivity index (χ0n) is 18.3. The molecule has 0 radical (unpaired) electrons. The van der Waals surface area contributed by atoms with Crippen molar-refractivity contribution >= 4 is 5.91 Å². The van der Waals surface area contributed by atoms with Crippen molar-refractivity contribution in [3.8, 4) is 16.9 Å². The molecule has 2 aliphatic rings. The maximum atomic E-state index is 12.7. The number of nitrogens with one attached hydrogen (secondary N) is 1. The highest BCUT2D eigenvalue weighted by molar-refractivity contribution is 5.94. The fourth-order valence-corrected chi connectivity index (χ4v) is 4.30. The van der Waals surface area contributed by atoms with E-state index in [4.69, 9.17) is 4.74 Å². The van der Waals surface area contributed by atoms with E-state index in [2.05, 4.69) is 39.5 Å². The number of aromatic nitrogens is 1. The Balaban J connectivity index is 1.46. The summed E-state index contributed by atoms with van der Waals surface area (Å²) in [4.78, 5) is 19.3. The van der Waals surface area contributed by atoms with Gasteiger partial charge in [-0.3, -0.25) is 14.7 Å². The summed E-state index contributed by atoms with van der Waals surface area (Å²) in [6.45, 7) is 4.09. The number of fused-ring (bicyclic) bond motifs is 3. The molecule has 2 aromatic carbocycles. The lowest BCUT2D eigenvalue weighted by Crippen LogP contribution is -2.38. The summed E-state index contributed by atoms with van der Waals surface area (Å²) >= 11 is 0. The highest BCUT2D eigenvalue weighted by Crippen LogP contribution is 2.30. The average molecular weight is 428 g/mol. The molecule has 5 rings (SSSR count). The standard InChI is InChI=1S/C27H29N3O2/c31-27-24-3-1-2-21(16-24)17-25-18-23(22-8-10-28-11-9-22)6-7-26(25)32-15-14-30(13-12-29-27)19-20-4-5-20/h1-3,6-11,16,18,20H,4-5,12-15,17,19H2,(H,29,31). The number of amides is 1. The molecule has 1 aliphatic carbocycles. The highest BCUT2D eigenvalue weighted by atomic mass is 16.5. The largest absolute Gasteiger partial charge is 0.492 e. The van der Waals surface area contributed by atoms with E-state index in [0.717, 1.165) is 53.6 Å². The molecular weight excluding hydrogens is 398 g/mol. The molecule has 5 heteroatoms. The Labute approximate surface area is 189 Å². The minimum atomic E-state index is -0.00251. The molecule has 1 saturated carbocycles. The Morgan fingerprint density at radius 3 is 2.69 bits per heavy atom. The van der Waals surface area contributed by atoms with Gasteiger partial charge in [-0.1, -0.05) is 18.2 Å². The zero-order valence-corrected chi connectivity index (χ0v) is 18.3. The van der Waals surface area contributed by atoms with Gasteiger partial charge >= 0.3 is 0 Å². The van der Waals surface area contributed by atoms with Gasteiger partial charge in [0.25, 0.3) is 5.91 Å². The Bertz CT molecular complexity index is 1080. The Morgan fingerprint density at radius 2 is 1.84 bits per heavy atom. The number of carbonyl (C=O) groups is 1. The van der Waals surface area contributed by atoms with Gasteiger partial charge in [0.05, 0.1) is 0 Å². The van der Waals surface area contributed by atoms with Crippen LogP contribution in [0.3, 0.4) is 0 Å². The van der Waals surface area contributed by atoms with Crippen molar-refractivity contribution in [3.05, 3.63) is 83.7 Å². The topological polar surface area (TPSA) is 54.5 Å². The monoisotopic (exact) mass is 427 g/mol. The molecule has 0 atom stereocenters. The molecule has 164 valence electrons. The summed E-state index contributed by atoms with van der Waals surface area (Å²) in [6.07, 6.45) is 6.97. The van der Waals surface area contributed by atoms with Gasteiger partial charge < -0.3 is 10.1 Å². The number of rotatable bonds is 3. The summed E-state index contributed by atoms with van der Waals surface area (Å²) in [5.74, 6) is 1.72. The van der Waals surface area contributed by atoms with Crippen molar-refractivity contribution in [1.29, 1.82) is 0 Å². The third-order valence-corrected chi connectivity index (χ3v) is 6.25. The Kier molecular flexibility index (Phi) is 6.17. The predicted molar refractivity (Wildman–Crippen MR) is 126 cm³/mol. The molecule has 0 spiro atoms. The quantitative estimate of drug-likeness (QED) is 0.682. The van der Waals surface area contributed by atoms with E-state index in [1.54, 1.807) is 0 Å². The minimum absolute atomic E-state index is 0.00251. The van der Waals surface area contributed by atoms with Crippen LogP contribution in [0.4, 0.5) is 0 Å². The molecule has 2 heterocycles. The summed E-state index contributed by atoms with van der Waals surface area (Å²) in [7, 11) is 0. The molecule has 32 heavy (non-hydrogen) atoms. The minimum Gasteiger partial charge on any atom is -0.492 e. The van der Waals surface area contributed by atoms with Gasteiger partial charge in [0, 0.05) is 50.6 Å². The molecular formula is C27H29N3O2. The number of hydrogen-bond donors (Lipinski definition) is 1. The fourth-order valence-electron chi connectivity index (χ4n) is 4.30. The predicted octanol–water partition coefficient (Wildman–Crippen LogP) is 4.17. The van der Waals surface area contributed by atoms with E-state index >= 15 is 0 Å². The first-order chi connectivity index (χ1) is 15.7. The van der Waals surface area contributed by atoms with Crippen molar-refractivity contribution in [1.82, 2.24) is 15.2 Å². The van der Waals surface area contributed by atoms with E-state index in [0.29, 0.717) is 25.1 Å². The third kappa shape index (κ3) is 5.17. The van der Waals surface area contributed by atoms with Gasteiger partial charge in [-0.2, -0.15) is 0 Å². The average Bonchev–Trinajstić information content (AvgIpc) is 3.64. The molecule has 5 nitrogen and oxygen atoms in total. The van der Waals surface area contributed by atoms with E-state index in [1.807, 2.05) is 42.7 Å².